The number of hydrogen-bond acceptors (Lipinski definition) is 4. The Balaban J connectivity index is 1.61. The molecule has 0 unspecified atom stereocenters. The van der Waals surface area contributed by atoms with Crippen LogP contribution in [-0.4, -0.2) is 4.98 Å². The van der Waals surface area contributed by atoms with Gasteiger partial charge >= 0.3 is 0 Å². The van der Waals surface area contributed by atoms with Crippen LogP contribution in [0.2, 0.25) is 0 Å². The van der Waals surface area contributed by atoms with Gasteiger partial charge in [-0.1, -0.05) is 12.1 Å². The lowest BCUT2D eigenvalue weighted by atomic mass is 10.2. The van der Waals surface area contributed by atoms with Crippen molar-refractivity contribution in [1.82, 2.24) is 4.98 Å². The smallest absolute Gasteiger partial charge is 0.149 e. The molecule has 0 saturated carbocycles. The fourth-order valence-electron chi connectivity index (χ4n) is 2.07. The van der Waals surface area contributed by atoms with E-state index < -0.39 is 0 Å². The van der Waals surface area contributed by atoms with Crippen LogP contribution in [0.4, 0.5) is 15.9 Å². The Morgan fingerprint density at radius 2 is 1.61 bits per heavy atom. The van der Waals surface area contributed by atoms with Crippen LogP contribution in [0.3, 0.4) is 0 Å². The highest BCUT2D eigenvalue weighted by atomic mass is 19.1. The molecule has 116 valence electrons. The van der Waals surface area contributed by atoms with E-state index in [0.717, 1.165) is 5.56 Å². The van der Waals surface area contributed by atoms with Crippen LogP contribution in [0.15, 0.2) is 66.9 Å². The van der Waals surface area contributed by atoms with E-state index in [-0.39, 0.29) is 5.82 Å². The average Bonchev–Trinajstić information content (AvgIpc) is 2.58. The quantitative estimate of drug-likeness (QED) is 0.741. The highest BCUT2D eigenvalue weighted by Crippen LogP contribution is 2.22. The molecule has 0 aliphatic rings. The van der Waals surface area contributed by atoms with Crippen LogP contribution in [0.1, 0.15) is 5.56 Å². The Hall–Kier alpha value is -3.08. The molecular weight excluding hydrogens is 293 g/mol. The Kier molecular flexibility index (Phi) is 4.38. The molecule has 0 aliphatic heterocycles. The minimum Gasteiger partial charge on any atom is -0.457 e. The minimum atomic E-state index is -0.285. The van der Waals surface area contributed by atoms with Gasteiger partial charge in [0.2, 0.25) is 0 Å². The monoisotopic (exact) mass is 309 g/mol. The number of nitrogens with zero attached hydrogens (tertiary/aromatic N) is 1. The first-order chi connectivity index (χ1) is 11.2. The second-order valence-corrected chi connectivity index (χ2v) is 4.99. The van der Waals surface area contributed by atoms with E-state index >= 15 is 0 Å². The highest BCUT2D eigenvalue weighted by molar-refractivity contribution is 5.60. The third-order valence-electron chi connectivity index (χ3n) is 3.27. The first kappa shape index (κ1) is 14.8. The van der Waals surface area contributed by atoms with Crippen molar-refractivity contribution in [3.05, 3.63) is 78.2 Å². The van der Waals surface area contributed by atoms with Crippen LogP contribution in [0, 0.1) is 5.82 Å². The number of halogens is 1. The maximum atomic E-state index is 12.9. The Morgan fingerprint density at radius 1 is 0.957 bits per heavy atom. The number of nitrogens with two attached hydrogens (primary N) is 1. The molecule has 5 heteroatoms. The van der Waals surface area contributed by atoms with Crippen molar-refractivity contribution >= 4 is 11.5 Å². The van der Waals surface area contributed by atoms with Gasteiger partial charge in [-0.3, -0.25) is 0 Å². The van der Waals surface area contributed by atoms with Gasteiger partial charge in [0.25, 0.3) is 0 Å². The number of hydrogen-bond donors (Lipinski definition) is 2. The van der Waals surface area contributed by atoms with Gasteiger partial charge in [-0.15, -0.1) is 0 Å². The zero-order valence-electron chi connectivity index (χ0n) is 12.4. The molecule has 0 saturated heterocycles. The molecule has 0 bridgehead atoms. The molecule has 0 amide bonds. The predicted octanol–water partition coefficient (Wildman–Crippen LogP) is 4.21. The molecule has 4 nitrogen and oxygen atoms in total. The number of rotatable bonds is 5. The van der Waals surface area contributed by atoms with Crippen molar-refractivity contribution in [2.75, 3.05) is 11.1 Å². The molecular formula is C18H16FN3O. The first-order valence-electron chi connectivity index (χ1n) is 7.17. The standard InChI is InChI=1S/C18H16FN3O/c19-14-5-9-16(10-6-14)23-15-7-3-13(4-8-15)12-22-18-17(20)2-1-11-21-18/h1-11H,12,20H2,(H,21,22). The van der Waals surface area contributed by atoms with Crippen molar-refractivity contribution in [1.29, 1.82) is 0 Å². The number of anilines is 2. The van der Waals surface area contributed by atoms with Crippen LogP contribution in [-0.2, 0) is 6.54 Å². The molecule has 0 fully saturated rings. The Bertz CT molecular complexity index is 773. The molecule has 0 atom stereocenters. The third kappa shape index (κ3) is 3.97. The number of nitrogens with one attached hydrogen (secondary N) is 1. The van der Waals surface area contributed by atoms with E-state index in [2.05, 4.69) is 10.3 Å². The molecule has 2 aromatic carbocycles. The topological polar surface area (TPSA) is 60.2 Å². The summed E-state index contributed by atoms with van der Waals surface area (Å²) in [5.41, 5.74) is 7.52. The van der Waals surface area contributed by atoms with Crippen molar-refractivity contribution < 1.29 is 9.13 Å². The zero-order valence-corrected chi connectivity index (χ0v) is 12.4. The summed E-state index contributed by atoms with van der Waals surface area (Å²) in [5.74, 6) is 1.67. The number of aromatic nitrogens is 1. The van der Waals surface area contributed by atoms with Crippen LogP contribution >= 0.6 is 0 Å². The fraction of sp³-hybridized carbons (Fsp3) is 0.0556. The number of pyridine rings is 1. The van der Waals surface area contributed by atoms with E-state index in [0.29, 0.717) is 29.5 Å². The Labute approximate surface area is 133 Å². The van der Waals surface area contributed by atoms with Gasteiger partial charge < -0.3 is 15.8 Å². The Morgan fingerprint density at radius 3 is 2.26 bits per heavy atom. The maximum Gasteiger partial charge on any atom is 0.149 e. The second kappa shape index (κ2) is 6.79. The van der Waals surface area contributed by atoms with E-state index in [1.54, 1.807) is 30.5 Å². The zero-order chi connectivity index (χ0) is 16.1. The van der Waals surface area contributed by atoms with Gasteiger partial charge in [-0.2, -0.15) is 0 Å². The van der Waals surface area contributed by atoms with Crippen molar-refractivity contribution in [2.24, 2.45) is 0 Å². The van der Waals surface area contributed by atoms with Crippen molar-refractivity contribution in [3.8, 4) is 11.5 Å². The summed E-state index contributed by atoms with van der Waals surface area (Å²) < 4.78 is 18.5. The van der Waals surface area contributed by atoms with Crippen LogP contribution in [0.25, 0.3) is 0 Å². The summed E-state index contributed by atoms with van der Waals surface area (Å²) in [6.45, 7) is 0.609. The lowest BCUT2D eigenvalue weighted by Gasteiger charge is -2.09. The summed E-state index contributed by atoms with van der Waals surface area (Å²) in [7, 11) is 0. The van der Waals surface area contributed by atoms with Crippen LogP contribution in [0.5, 0.6) is 11.5 Å². The highest BCUT2D eigenvalue weighted by Gasteiger charge is 2.01. The molecule has 0 radical (unpaired) electrons. The molecule has 3 rings (SSSR count). The van der Waals surface area contributed by atoms with Gasteiger partial charge in [-0.05, 0) is 54.1 Å². The first-order valence-corrected chi connectivity index (χ1v) is 7.17. The summed E-state index contributed by atoms with van der Waals surface area (Å²) in [5, 5.41) is 3.19. The molecule has 3 N–H and O–H groups in total. The number of nitrogen functional groups attached to an aromatic ring is 1. The van der Waals surface area contributed by atoms with E-state index in [4.69, 9.17) is 10.5 Å². The normalized spacial score (nSPS) is 10.3. The summed E-state index contributed by atoms with van der Waals surface area (Å²) in [4.78, 5) is 4.18. The lowest BCUT2D eigenvalue weighted by Crippen LogP contribution is -2.04. The predicted molar refractivity (Wildman–Crippen MR) is 88.9 cm³/mol. The van der Waals surface area contributed by atoms with Gasteiger partial charge in [0.05, 0.1) is 5.69 Å². The molecule has 1 heterocycles. The van der Waals surface area contributed by atoms with E-state index in [9.17, 15) is 4.39 Å². The average molecular weight is 309 g/mol. The molecule has 23 heavy (non-hydrogen) atoms. The van der Waals surface area contributed by atoms with Gasteiger partial charge in [-0.25, -0.2) is 9.37 Å². The number of benzene rings is 2. The lowest BCUT2D eigenvalue weighted by molar-refractivity contribution is 0.480. The molecule has 1 aromatic heterocycles. The van der Waals surface area contributed by atoms with E-state index in [1.807, 2.05) is 24.3 Å². The van der Waals surface area contributed by atoms with Crippen LogP contribution < -0.4 is 15.8 Å². The van der Waals surface area contributed by atoms with Gasteiger partial charge in [0.1, 0.15) is 23.1 Å². The maximum absolute atomic E-state index is 12.9. The van der Waals surface area contributed by atoms with Crippen molar-refractivity contribution in [3.63, 3.8) is 0 Å². The van der Waals surface area contributed by atoms with Gasteiger partial charge in [0, 0.05) is 12.7 Å². The van der Waals surface area contributed by atoms with Crippen molar-refractivity contribution in [2.45, 2.75) is 6.54 Å². The summed E-state index contributed by atoms with van der Waals surface area (Å²) >= 11 is 0. The largest absolute Gasteiger partial charge is 0.457 e. The van der Waals surface area contributed by atoms with E-state index in [1.165, 1.54) is 12.1 Å². The minimum absolute atomic E-state index is 0.285. The van der Waals surface area contributed by atoms with Gasteiger partial charge in [0.15, 0.2) is 0 Å². The fourth-order valence-corrected chi connectivity index (χ4v) is 2.07. The summed E-state index contributed by atoms with van der Waals surface area (Å²) in [6.07, 6.45) is 1.69. The molecule has 3 aromatic rings. The summed E-state index contributed by atoms with van der Waals surface area (Å²) in [6, 6.07) is 17.1. The third-order valence-corrected chi connectivity index (χ3v) is 3.27. The second-order valence-electron chi connectivity index (χ2n) is 4.99. The number of ether oxygens (including phenoxy) is 1. The molecule has 0 spiro atoms. The molecule has 0 aliphatic carbocycles. The SMILES string of the molecule is Nc1cccnc1NCc1ccc(Oc2ccc(F)cc2)cc1.